The van der Waals surface area contributed by atoms with Crippen LogP contribution in [-0.2, 0) is 0 Å². The first kappa shape index (κ1) is 15.6. The van der Waals surface area contributed by atoms with Crippen LogP contribution in [0.2, 0.25) is 0 Å². The molecule has 1 fully saturated rings. The van der Waals surface area contributed by atoms with E-state index < -0.39 is 0 Å². The summed E-state index contributed by atoms with van der Waals surface area (Å²) in [5.74, 6) is 0.366. The molecule has 1 saturated heterocycles. The molecule has 1 amide bonds. The fourth-order valence-corrected chi connectivity index (χ4v) is 2.80. The zero-order valence-electron chi connectivity index (χ0n) is 13.8. The number of nitrogens with zero attached hydrogens (tertiary/aromatic N) is 3. The number of aromatic nitrogens is 1. The van der Waals surface area contributed by atoms with Crippen LogP contribution in [0, 0.1) is 13.8 Å². The third-order valence-corrected chi connectivity index (χ3v) is 4.16. The zero-order valence-corrected chi connectivity index (χ0v) is 13.8. The van der Waals surface area contributed by atoms with Crippen molar-refractivity contribution in [2.24, 2.45) is 0 Å². The van der Waals surface area contributed by atoms with E-state index >= 15 is 0 Å². The Bertz CT molecular complexity index is 702. The third kappa shape index (κ3) is 3.53. The lowest BCUT2D eigenvalue weighted by molar-refractivity contribution is 0.101. The molecular weight excluding hydrogens is 292 g/mol. The minimum atomic E-state index is -0.256. The molecule has 0 bridgehead atoms. The molecule has 2 aromatic rings. The molecule has 122 valence electrons. The van der Waals surface area contributed by atoms with Gasteiger partial charge in [0.1, 0.15) is 5.76 Å². The first-order chi connectivity index (χ1) is 11.0. The summed E-state index contributed by atoms with van der Waals surface area (Å²) in [5, 5.41) is 6.59. The number of piperazine rings is 1. The summed E-state index contributed by atoms with van der Waals surface area (Å²) in [6, 6.07) is 7.63. The minimum Gasteiger partial charge on any atom is -0.369 e. The Balaban J connectivity index is 1.70. The summed E-state index contributed by atoms with van der Waals surface area (Å²) in [6.45, 7) is 8.04. The predicted octanol–water partition coefficient (Wildman–Crippen LogP) is 2.30. The van der Waals surface area contributed by atoms with Crippen molar-refractivity contribution < 1.29 is 9.32 Å². The Hall–Kier alpha value is -2.34. The van der Waals surface area contributed by atoms with Gasteiger partial charge in [-0.3, -0.25) is 4.79 Å². The maximum atomic E-state index is 12.1. The molecule has 0 aliphatic carbocycles. The second-order valence-corrected chi connectivity index (χ2v) is 6.07. The lowest BCUT2D eigenvalue weighted by Gasteiger charge is -2.35. The van der Waals surface area contributed by atoms with Crippen molar-refractivity contribution in [3.8, 4) is 0 Å². The Morgan fingerprint density at radius 1 is 1.17 bits per heavy atom. The van der Waals surface area contributed by atoms with E-state index in [0.29, 0.717) is 11.5 Å². The standard InChI is InChI=1S/C17H22N4O2/c1-12-10-14(18-17(22)15-11-13(2)23-19-15)4-5-16(12)21-8-6-20(3)7-9-21/h4-5,10-11H,6-9H2,1-3H3,(H,18,22). The molecule has 1 aliphatic heterocycles. The highest BCUT2D eigenvalue weighted by atomic mass is 16.5. The number of hydrogen-bond acceptors (Lipinski definition) is 5. The molecule has 1 aromatic heterocycles. The van der Waals surface area contributed by atoms with Crippen LogP contribution in [0.15, 0.2) is 28.8 Å². The average molecular weight is 314 g/mol. The van der Waals surface area contributed by atoms with E-state index in [0.717, 1.165) is 37.4 Å². The first-order valence-corrected chi connectivity index (χ1v) is 7.82. The predicted molar refractivity (Wildman–Crippen MR) is 90.1 cm³/mol. The van der Waals surface area contributed by atoms with E-state index in [-0.39, 0.29) is 5.91 Å². The monoisotopic (exact) mass is 314 g/mol. The number of likely N-dealkylation sites (N-methyl/N-ethyl adjacent to an activating group) is 1. The van der Waals surface area contributed by atoms with Gasteiger partial charge in [0, 0.05) is 43.6 Å². The van der Waals surface area contributed by atoms with Crippen LogP contribution in [0.1, 0.15) is 21.8 Å². The third-order valence-electron chi connectivity index (χ3n) is 4.16. The van der Waals surface area contributed by atoms with Crippen LogP contribution in [0.3, 0.4) is 0 Å². The molecule has 0 radical (unpaired) electrons. The van der Waals surface area contributed by atoms with E-state index in [1.165, 1.54) is 5.69 Å². The fraction of sp³-hybridized carbons (Fsp3) is 0.412. The van der Waals surface area contributed by atoms with Gasteiger partial charge in [-0.25, -0.2) is 0 Å². The maximum absolute atomic E-state index is 12.1. The van der Waals surface area contributed by atoms with E-state index in [4.69, 9.17) is 4.52 Å². The maximum Gasteiger partial charge on any atom is 0.277 e. The smallest absolute Gasteiger partial charge is 0.277 e. The molecule has 0 unspecified atom stereocenters. The van der Waals surface area contributed by atoms with Crippen LogP contribution in [0.25, 0.3) is 0 Å². The van der Waals surface area contributed by atoms with Gasteiger partial charge < -0.3 is 19.6 Å². The van der Waals surface area contributed by atoms with Gasteiger partial charge in [0.25, 0.3) is 5.91 Å². The van der Waals surface area contributed by atoms with Crippen molar-refractivity contribution >= 4 is 17.3 Å². The van der Waals surface area contributed by atoms with Crippen LogP contribution < -0.4 is 10.2 Å². The molecule has 0 atom stereocenters. The molecule has 3 rings (SSSR count). The van der Waals surface area contributed by atoms with Gasteiger partial charge in [-0.05, 0) is 44.7 Å². The summed E-state index contributed by atoms with van der Waals surface area (Å²) in [7, 11) is 2.15. The highest BCUT2D eigenvalue weighted by molar-refractivity contribution is 6.02. The molecule has 1 aliphatic rings. The number of anilines is 2. The number of hydrogen-bond donors (Lipinski definition) is 1. The molecule has 1 aromatic carbocycles. The second kappa shape index (κ2) is 6.42. The number of nitrogens with one attached hydrogen (secondary N) is 1. The van der Waals surface area contributed by atoms with Gasteiger partial charge in [0.15, 0.2) is 5.69 Å². The van der Waals surface area contributed by atoms with Crippen molar-refractivity contribution in [1.82, 2.24) is 10.1 Å². The molecule has 6 heteroatoms. The number of carbonyl (C=O) groups excluding carboxylic acids is 1. The number of rotatable bonds is 3. The van der Waals surface area contributed by atoms with Gasteiger partial charge in [-0.15, -0.1) is 0 Å². The van der Waals surface area contributed by atoms with Crippen molar-refractivity contribution in [2.75, 3.05) is 43.4 Å². The van der Waals surface area contributed by atoms with E-state index in [1.807, 2.05) is 12.1 Å². The summed E-state index contributed by atoms with van der Waals surface area (Å²) in [5.41, 5.74) is 3.45. The van der Waals surface area contributed by atoms with Crippen LogP contribution in [0.5, 0.6) is 0 Å². The largest absolute Gasteiger partial charge is 0.369 e. The lowest BCUT2D eigenvalue weighted by Crippen LogP contribution is -2.44. The van der Waals surface area contributed by atoms with Crippen LogP contribution in [-0.4, -0.2) is 49.2 Å². The highest BCUT2D eigenvalue weighted by Gasteiger charge is 2.17. The fourth-order valence-electron chi connectivity index (χ4n) is 2.80. The Labute approximate surface area is 136 Å². The van der Waals surface area contributed by atoms with Crippen LogP contribution >= 0.6 is 0 Å². The Morgan fingerprint density at radius 3 is 2.52 bits per heavy atom. The summed E-state index contributed by atoms with van der Waals surface area (Å²) >= 11 is 0. The van der Waals surface area contributed by atoms with Gasteiger partial charge in [0.05, 0.1) is 0 Å². The topological polar surface area (TPSA) is 61.6 Å². The molecule has 6 nitrogen and oxygen atoms in total. The Kier molecular flexibility index (Phi) is 4.34. The molecule has 0 spiro atoms. The number of amides is 1. The summed E-state index contributed by atoms with van der Waals surface area (Å²) in [6.07, 6.45) is 0. The van der Waals surface area contributed by atoms with Gasteiger partial charge in [-0.2, -0.15) is 0 Å². The van der Waals surface area contributed by atoms with Gasteiger partial charge in [0.2, 0.25) is 0 Å². The van der Waals surface area contributed by atoms with E-state index in [2.05, 4.69) is 40.3 Å². The van der Waals surface area contributed by atoms with Gasteiger partial charge >= 0.3 is 0 Å². The quantitative estimate of drug-likeness (QED) is 0.942. The second-order valence-electron chi connectivity index (χ2n) is 6.07. The normalized spacial score (nSPS) is 15.7. The van der Waals surface area contributed by atoms with Crippen LogP contribution in [0.4, 0.5) is 11.4 Å². The lowest BCUT2D eigenvalue weighted by atomic mass is 10.1. The molecule has 23 heavy (non-hydrogen) atoms. The minimum absolute atomic E-state index is 0.256. The van der Waals surface area contributed by atoms with E-state index in [1.54, 1.807) is 13.0 Å². The number of carbonyl (C=O) groups is 1. The Morgan fingerprint density at radius 2 is 1.91 bits per heavy atom. The zero-order chi connectivity index (χ0) is 16.4. The molecular formula is C17H22N4O2. The SMILES string of the molecule is Cc1cc(C(=O)Nc2ccc(N3CCN(C)CC3)c(C)c2)no1. The average Bonchev–Trinajstić information content (AvgIpc) is 2.95. The number of aryl methyl sites for hydroxylation is 2. The van der Waals surface area contributed by atoms with Crippen molar-refractivity contribution in [3.63, 3.8) is 0 Å². The van der Waals surface area contributed by atoms with E-state index in [9.17, 15) is 4.79 Å². The summed E-state index contributed by atoms with van der Waals surface area (Å²) < 4.78 is 4.93. The van der Waals surface area contributed by atoms with Gasteiger partial charge in [-0.1, -0.05) is 5.16 Å². The summed E-state index contributed by atoms with van der Waals surface area (Å²) in [4.78, 5) is 16.8. The molecule has 0 saturated carbocycles. The molecule has 2 heterocycles. The van der Waals surface area contributed by atoms with Crippen molar-refractivity contribution in [2.45, 2.75) is 13.8 Å². The molecule has 1 N–H and O–H groups in total. The highest BCUT2D eigenvalue weighted by Crippen LogP contribution is 2.25. The van der Waals surface area contributed by atoms with Crippen molar-refractivity contribution in [1.29, 1.82) is 0 Å². The van der Waals surface area contributed by atoms with Crippen molar-refractivity contribution in [3.05, 3.63) is 41.3 Å². The first-order valence-electron chi connectivity index (χ1n) is 7.82. The number of benzene rings is 1.